The maximum Gasteiger partial charge on any atom is 0.419 e. The van der Waals surface area contributed by atoms with Gasteiger partial charge in [0.15, 0.2) is 11.7 Å². The number of nitrogens with one attached hydrogen (secondary N) is 1. The van der Waals surface area contributed by atoms with Crippen LogP contribution in [0, 0.1) is 12.8 Å². The Bertz CT molecular complexity index is 2170. The Hall–Kier alpha value is -5.42. The van der Waals surface area contributed by atoms with Crippen LogP contribution in [0.25, 0.3) is 11.1 Å². The van der Waals surface area contributed by atoms with Crippen molar-refractivity contribution in [3.8, 4) is 0 Å². The van der Waals surface area contributed by atoms with Crippen molar-refractivity contribution in [2.45, 2.75) is 84.8 Å². The molecule has 0 radical (unpaired) electrons. The van der Waals surface area contributed by atoms with Crippen molar-refractivity contribution >= 4 is 46.7 Å². The Kier molecular flexibility index (Phi) is 16.5. The average Bonchev–Trinajstić information content (AvgIpc) is 3.75. The normalized spacial score (nSPS) is 19.6. The van der Waals surface area contributed by atoms with Gasteiger partial charge >= 0.3 is 23.8 Å². The van der Waals surface area contributed by atoms with E-state index < -0.39 is 18.0 Å². The number of carbonyl (C=O) groups excluding carboxylic acids is 5. The van der Waals surface area contributed by atoms with Crippen LogP contribution in [0.1, 0.15) is 69.6 Å². The summed E-state index contributed by atoms with van der Waals surface area (Å²) < 4.78 is 18.1. The van der Waals surface area contributed by atoms with Gasteiger partial charge in [0.1, 0.15) is 6.61 Å². The minimum Gasteiger partial charge on any atom is -0.463 e. The number of urea groups is 1. The summed E-state index contributed by atoms with van der Waals surface area (Å²) in [5.41, 5.74) is 4.72. The summed E-state index contributed by atoms with van der Waals surface area (Å²) in [6.45, 7) is 12.7. The van der Waals surface area contributed by atoms with Gasteiger partial charge in [-0.1, -0.05) is 38.6 Å². The maximum absolute atomic E-state index is 13.8. The number of piperidine rings is 2. The molecule has 5 aliphatic rings. The van der Waals surface area contributed by atoms with Crippen LogP contribution < -0.4 is 11.1 Å². The molecule has 17 heteroatoms. The van der Waals surface area contributed by atoms with Gasteiger partial charge in [-0.25, -0.2) is 14.4 Å². The van der Waals surface area contributed by atoms with E-state index in [2.05, 4.69) is 29.1 Å². The number of amides is 5. The van der Waals surface area contributed by atoms with E-state index in [4.69, 9.17) is 13.9 Å². The first-order chi connectivity index (χ1) is 30.3. The predicted molar refractivity (Wildman–Crippen MR) is 243 cm³/mol. The Labute approximate surface area is 376 Å². The standard InChI is InChI=1S/C33H41N5O6.C13H23N3O3.CH4/c1-21-8-13-36(14-9-21)30(39)28(20-23-18-22(2)29-27(19-23)43-32(41)35(29)3)44-33(42)37-15-11-25(12-16-37)38-17-10-24-6-4-5-7-26(24)34-31(38)40;1-14-5-7-15(8-6-14)11-13(18)19-10-9-16-4-2-3-12(16)17;/h4-7,18-19,21,25,28H,8-17,20H2,1-3H3,(H,34,40);2-11H2,1H3;1H4/t28-;;/m1../s1. The van der Waals surface area contributed by atoms with E-state index in [1.54, 1.807) is 27.8 Å². The first-order valence-corrected chi connectivity index (χ1v) is 22.7. The average molecular weight is 889 g/mol. The lowest BCUT2D eigenvalue weighted by molar-refractivity contribution is -0.147. The number of likely N-dealkylation sites (N-methyl/N-ethyl adjacent to an activating group) is 1. The lowest BCUT2D eigenvalue weighted by Gasteiger charge is -2.38. The Morgan fingerprint density at radius 2 is 1.56 bits per heavy atom. The molecule has 3 aromatic rings. The Balaban J connectivity index is 0.000000285. The first-order valence-electron chi connectivity index (χ1n) is 22.7. The predicted octanol–water partition coefficient (Wildman–Crippen LogP) is 4.34. The minimum atomic E-state index is -1.00. The molecule has 1 aromatic heterocycles. The number of ether oxygens (including phenoxy) is 2. The fourth-order valence-corrected chi connectivity index (χ4v) is 9.26. The number of aromatic nitrogens is 1. The molecule has 8 rings (SSSR count). The van der Waals surface area contributed by atoms with Crippen molar-refractivity contribution in [3.63, 3.8) is 0 Å². The molecule has 5 aliphatic heterocycles. The third-order valence-corrected chi connectivity index (χ3v) is 13.2. The third kappa shape index (κ3) is 12.0. The van der Waals surface area contributed by atoms with Crippen LogP contribution >= 0.6 is 0 Å². The number of benzene rings is 2. The van der Waals surface area contributed by atoms with E-state index in [1.807, 2.05) is 42.2 Å². The van der Waals surface area contributed by atoms with E-state index in [0.29, 0.717) is 88.7 Å². The molecule has 0 saturated carbocycles. The van der Waals surface area contributed by atoms with Crippen molar-refractivity contribution in [3.05, 3.63) is 63.6 Å². The molecular formula is C47H68N8O9. The molecule has 0 unspecified atom stereocenters. The molecule has 5 amide bonds. The summed E-state index contributed by atoms with van der Waals surface area (Å²) in [7, 11) is 3.75. The Morgan fingerprint density at radius 1 is 0.859 bits per heavy atom. The number of rotatable bonds is 10. The SMILES string of the molecule is C.CN1CCN(CC(=O)OCCN2CCCC2=O)CC1.Cc1cc(C[C@@H](OC(=O)N2CCC(N3CCc4ccccc4NC3=O)CC2)C(=O)N2CCC(C)CC2)cc2oc(=O)n(C)c12. The van der Waals surface area contributed by atoms with Gasteiger partial charge in [-0.05, 0) is 87.2 Å². The summed E-state index contributed by atoms with van der Waals surface area (Å²) in [6.07, 6.45) is 4.06. The number of likely N-dealkylation sites (tertiary alicyclic amines) is 3. The molecule has 350 valence electrons. The number of aryl methyl sites for hydroxylation is 2. The van der Waals surface area contributed by atoms with Crippen molar-refractivity contribution in [2.75, 3.05) is 97.5 Å². The summed E-state index contributed by atoms with van der Waals surface area (Å²) >= 11 is 0. The topological polar surface area (TPSA) is 170 Å². The quantitative estimate of drug-likeness (QED) is 0.288. The van der Waals surface area contributed by atoms with Crippen molar-refractivity contribution in [2.24, 2.45) is 13.0 Å². The molecular weight excluding hydrogens is 821 g/mol. The van der Waals surface area contributed by atoms with E-state index in [9.17, 15) is 28.8 Å². The number of carbonyl (C=O) groups is 5. The van der Waals surface area contributed by atoms with Crippen LogP contribution in [0.2, 0.25) is 0 Å². The lowest BCUT2D eigenvalue weighted by Crippen LogP contribution is -2.51. The molecule has 64 heavy (non-hydrogen) atoms. The molecule has 17 nitrogen and oxygen atoms in total. The van der Waals surface area contributed by atoms with Gasteiger partial charge in [-0.3, -0.25) is 23.9 Å². The van der Waals surface area contributed by atoms with Gasteiger partial charge in [0.05, 0.1) is 18.6 Å². The third-order valence-electron chi connectivity index (χ3n) is 13.2. The van der Waals surface area contributed by atoms with Crippen LogP contribution in [0.5, 0.6) is 0 Å². The molecule has 1 N–H and O–H groups in total. The molecule has 4 fully saturated rings. The fourth-order valence-electron chi connectivity index (χ4n) is 9.26. The second kappa shape index (κ2) is 22.0. The molecule has 4 saturated heterocycles. The van der Waals surface area contributed by atoms with Crippen LogP contribution in [0.15, 0.2) is 45.6 Å². The van der Waals surface area contributed by atoms with Gasteiger partial charge in [0, 0.05) is 97.1 Å². The van der Waals surface area contributed by atoms with Gasteiger partial charge in [-0.15, -0.1) is 0 Å². The number of hydrogen-bond donors (Lipinski definition) is 1. The number of para-hydroxylation sites is 1. The highest BCUT2D eigenvalue weighted by Crippen LogP contribution is 2.27. The van der Waals surface area contributed by atoms with Crippen LogP contribution in [0.3, 0.4) is 0 Å². The van der Waals surface area contributed by atoms with Crippen LogP contribution in [-0.2, 0) is 43.7 Å². The van der Waals surface area contributed by atoms with Crippen molar-refractivity contribution < 1.29 is 37.9 Å². The number of nitrogens with zero attached hydrogens (tertiary/aromatic N) is 7. The number of esters is 1. The van der Waals surface area contributed by atoms with Crippen molar-refractivity contribution in [1.82, 2.24) is 34.0 Å². The first kappa shape index (κ1) is 48.0. The molecule has 6 heterocycles. The van der Waals surface area contributed by atoms with E-state index in [1.165, 1.54) is 4.57 Å². The highest BCUT2D eigenvalue weighted by molar-refractivity contribution is 5.91. The van der Waals surface area contributed by atoms with Gasteiger partial charge < -0.3 is 43.7 Å². The van der Waals surface area contributed by atoms with Crippen LogP contribution in [-0.4, -0.2) is 168 Å². The molecule has 0 bridgehead atoms. The summed E-state index contributed by atoms with van der Waals surface area (Å²) in [4.78, 5) is 86.9. The zero-order valence-corrected chi connectivity index (χ0v) is 37.4. The highest BCUT2D eigenvalue weighted by atomic mass is 16.6. The van der Waals surface area contributed by atoms with E-state index >= 15 is 0 Å². The fraction of sp³-hybridized carbons (Fsp3) is 0.617. The number of hydrogen-bond acceptors (Lipinski definition) is 11. The number of piperazine rings is 1. The molecule has 1 atom stereocenters. The number of fused-ring (bicyclic) bond motifs is 2. The zero-order valence-electron chi connectivity index (χ0n) is 37.4. The van der Waals surface area contributed by atoms with E-state index in [-0.39, 0.29) is 43.7 Å². The zero-order chi connectivity index (χ0) is 44.6. The van der Waals surface area contributed by atoms with E-state index in [0.717, 1.165) is 80.8 Å². The van der Waals surface area contributed by atoms with Gasteiger partial charge in [-0.2, -0.15) is 0 Å². The number of anilines is 1. The lowest BCUT2D eigenvalue weighted by atomic mass is 9.98. The Morgan fingerprint density at radius 3 is 2.27 bits per heavy atom. The molecule has 0 aliphatic carbocycles. The van der Waals surface area contributed by atoms with Gasteiger partial charge in [0.2, 0.25) is 5.91 Å². The van der Waals surface area contributed by atoms with Gasteiger partial charge in [0.25, 0.3) is 5.91 Å². The van der Waals surface area contributed by atoms with Crippen LogP contribution in [0.4, 0.5) is 15.3 Å². The summed E-state index contributed by atoms with van der Waals surface area (Å²) in [6, 6.07) is 11.4. The van der Waals surface area contributed by atoms with Crippen molar-refractivity contribution in [1.29, 1.82) is 0 Å². The largest absolute Gasteiger partial charge is 0.463 e. The smallest absolute Gasteiger partial charge is 0.419 e. The second-order valence-electron chi connectivity index (χ2n) is 17.8. The minimum absolute atomic E-state index is 0. The second-order valence-corrected chi connectivity index (χ2v) is 17.8. The highest BCUT2D eigenvalue weighted by Gasteiger charge is 2.35. The summed E-state index contributed by atoms with van der Waals surface area (Å²) in [5.74, 6) is -0.111. The monoisotopic (exact) mass is 889 g/mol. The summed E-state index contributed by atoms with van der Waals surface area (Å²) in [5, 5.41) is 3.03. The molecule has 2 aromatic carbocycles. The number of oxazole rings is 1. The molecule has 0 spiro atoms. The maximum atomic E-state index is 13.8.